The van der Waals surface area contributed by atoms with Crippen molar-refractivity contribution in [3.05, 3.63) is 35.9 Å². The Balaban J connectivity index is 0.000000203. The monoisotopic (exact) mass is 458 g/mol. The van der Waals surface area contributed by atoms with Crippen molar-refractivity contribution in [1.29, 1.82) is 0 Å². The van der Waals surface area contributed by atoms with Gasteiger partial charge in [-0.2, -0.15) is 0 Å². The van der Waals surface area contributed by atoms with E-state index in [2.05, 4.69) is 5.32 Å². The fourth-order valence-electron chi connectivity index (χ4n) is 5.40. The lowest BCUT2D eigenvalue weighted by molar-refractivity contribution is -0.142. The number of amides is 1. The van der Waals surface area contributed by atoms with Crippen LogP contribution in [-0.4, -0.2) is 47.2 Å². The summed E-state index contributed by atoms with van der Waals surface area (Å²) < 4.78 is 5.23. The van der Waals surface area contributed by atoms with Crippen molar-refractivity contribution < 1.29 is 19.4 Å². The van der Waals surface area contributed by atoms with Gasteiger partial charge in [0.1, 0.15) is 6.61 Å². The first-order chi connectivity index (χ1) is 16.1. The molecular weight excluding hydrogens is 416 g/mol. The molecule has 1 heterocycles. The van der Waals surface area contributed by atoms with Gasteiger partial charge in [-0.15, -0.1) is 0 Å². The lowest BCUT2D eigenvalue weighted by Crippen LogP contribution is -2.40. The molecule has 4 rings (SSSR count). The van der Waals surface area contributed by atoms with Crippen LogP contribution in [0.3, 0.4) is 0 Å². The number of nitrogens with one attached hydrogen (secondary N) is 1. The molecule has 0 aromatic heterocycles. The Hall–Kier alpha value is -2.08. The molecule has 1 aromatic rings. The predicted molar refractivity (Wildman–Crippen MR) is 130 cm³/mol. The van der Waals surface area contributed by atoms with Crippen molar-refractivity contribution in [2.75, 3.05) is 13.1 Å². The van der Waals surface area contributed by atoms with Gasteiger partial charge in [0.05, 0.1) is 5.92 Å². The Kier molecular flexibility index (Phi) is 10.5. The zero-order valence-electron chi connectivity index (χ0n) is 20.2. The SMILES string of the molecule is C1CCC(NC2CCCCC2)CC1.CCC1CN(C(=O)OCc2ccccc2)C[C@@H]1C(=O)O. The van der Waals surface area contributed by atoms with Crippen molar-refractivity contribution in [1.82, 2.24) is 10.2 Å². The highest BCUT2D eigenvalue weighted by Gasteiger charge is 2.39. The number of rotatable bonds is 6. The van der Waals surface area contributed by atoms with Gasteiger partial charge >= 0.3 is 12.1 Å². The number of benzene rings is 1. The maximum absolute atomic E-state index is 12.0. The standard InChI is InChI=1S/C15H19NO4.C12H23N/c1-2-12-8-16(9-13(12)14(17)18)15(19)20-10-11-6-4-3-5-7-11;1-3-7-11(8-4-1)13-12-9-5-2-6-10-12/h3-7,12-13H,2,8-10H2,1H3,(H,17,18);11-13H,1-10H2/t12?,13-;/m0./s1. The van der Waals surface area contributed by atoms with Gasteiger partial charge in [0.25, 0.3) is 0 Å². The highest BCUT2D eigenvalue weighted by atomic mass is 16.6. The van der Waals surface area contributed by atoms with Crippen molar-refractivity contribution in [2.24, 2.45) is 11.8 Å². The predicted octanol–water partition coefficient (Wildman–Crippen LogP) is 5.61. The summed E-state index contributed by atoms with van der Waals surface area (Å²) in [4.78, 5) is 24.6. The van der Waals surface area contributed by atoms with Crippen LogP contribution in [0.2, 0.25) is 0 Å². The Morgan fingerprint density at radius 1 is 0.939 bits per heavy atom. The zero-order chi connectivity index (χ0) is 23.5. The molecule has 0 bridgehead atoms. The summed E-state index contributed by atoms with van der Waals surface area (Å²) in [6.45, 7) is 2.85. The third-order valence-corrected chi connectivity index (χ3v) is 7.43. The molecule has 184 valence electrons. The van der Waals surface area contributed by atoms with Gasteiger partial charge in [0, 0.05) is 25.2 Å². The maximum Gasteiger partial charge on any atom is 0.410 e. The van der Waals surface area contributed by atoms with Crippen molar-refractivity contribution in [2.45, 2.75) is 96.2 Å². The number of likely N-dealkylation sites (tertiary alicyclic amines) is 1. The molecule has 2 N–H and O–H groups in total. The third-order valence-electron chi connectivity index (χ3n) is 7.43. The molecule has 0 spiro atoms. The van der Waals surface area contributed by atoms with Crippen LogP contribution in [0.15, 0.2) is 30.3 Å². The van der Waals surface area contributed by atoms with E-state index in [9.17, 15) is 9.59 Å². The molecular formula is C27H42N2O4. The minimum absolute atomic E-state index is 0.0109. The number of nitrogens with zero attached hydrogens (tertiary/aromatic N) is 1. The fraction of sp³-hybridized carbons (Fsp3) is 0.704. The van der Waals surface area contributed by atoms with Gasteiger partial charge in [0.15, 0.2) is 0 Å². The van der Waals surface area contributed by atoms with Gasteiger partial charge in [-0.1, -0.05) is 82.2 Å². The second-order valence-electron chi connectivity index (χ2n) is 9.89. The lowest BCUT2D eigenvalue weighted by atomic mass is 9.91. The number of carboxylic acids is 1. The van der Waals surface area contributed by atoms with Gasteiger partial charge in [-0.05, 0) is 37.2 Å². The lowest BCUT2D eigenvalue weighted by Gasteiger charge is -2.30. The topological polar surface area (TPSA) is 78.9 Å². The highest BCUT2D eigenvalue weighted by Crippen LogP contribution is 2.27. The second kappa shape index (κ2) is 13.6. The summed E-state index contributed by atoms with van der Waals surface area (Å²) in [6, 6.07) is 11.2. The summed E-state index contributed by atoms with van der Waals surface area (Å²) in [5.74, 6) is -1.31. The van der Waals surface area contributed by atoms with Gasteiger partial charge in [-0.25, -0.2) is 4.79 Å². The molecule has 1 aromatic carbocycles. The molecule has 2 saturated carbocycles. The Morgan fingerprint density at radius 2 is 1.52 bits per heavy atom. The van der Waals surface area contributed by atoms with Crippen LogP contribution in [-0.2, 0) is 16.1 Å². The summed E-state index contributed by atoms with van der Waals surface area (Å²) in [5.41, 5.74) is 0.918. The summed E-state index contributed by atoms with van der Waals surface area (Å²) >= 11 is 0. The fourth-order valence-corrected chi connectivity index (χ4v) is 5.40. The van der Waals surface area contributed by atoms with Crippen LogP contribution in [0.1, 0.15) is 83.1 Å². The molecule has 2 atom stereocenters. The molecule has 1 amide bonds. The Labute approximate surface area is 199 Å². The first-order valence-electron chi connectivity index (χ1n) is 13.0. The highest BCUT2D eigenvalue weighted by molar-refractivity contribution is 5.74. The molecule has 6 heteroatoms. The van der Waals surface area contributed by atoms with Crippen LogP contribution in [0.5, 0.6) is 0 Å². The number of ether oxygens (including phenoxy) is 1. The first-order valence-corrected chi connectivity index (χ1v) is 13.0. The van der Waals surface area contributed by atoms with E-state index in [1.807, 2.05) is 37.3 Å². The van der Waals surface area contributed by atoms with Crippen LogP contribution in [0, 0.1) is 11.8 Å². The maximum atomic E-state index is 12.0. The minimum Gasteiger partial charge on any atom is -0.481 e. The zero-order valence-corrected chi connectivity index (χ0v) is 20.2. The second-order valence-corrected chi connectivity index (χ2v) is 9.89. The van der Waals surface area contributed by atoms with E-state index in [1.165, 1.54) is 69.1 Å². The van der Waals surface area contributed by atoms with E-state index in [0.717, 1.165) is 24.1 Å². The van der Waals surface area contributed by atoms with Crippen molar-refractivity contribution in [3.8, 4) is 0 Å². The average Bonchev–Trinajstić information content (AvgIpc) is 3.30. The van der Waals surface area contributed by atoms with Gasteiger partial charge in [-0.3, -0.25) is 4.79 Å². The molecule has 1 unspecified atom stereocenters. The van der Waals surface area contributed by atoms with Crippen LogP contribution < -0.4 is 5.32 Å². The molecule has 1 aliphatic heterocycles. The summed E-state index contributed by atoms with van der Waals surface area (Å²) in [5, 5.41) is 13.0. The largest absolute Gasteiger partial charge is 0.481 e. The summed E-state index contributed by atoms with van der Waals surface area (Å²) in [7, 11) is 0. The minimum atomic E-state index is -0.838. The van der Waals surface area contributed by atoms with E-state index in [-0.39, 0.29) is 19.1 Å². The Bertz CT molecular complexity index is 698. The molecule has 0 radical (unpaired) electrons. The van der Waals surface area contributed by atoms with Crippen LogP contribution in [0.25, 0.3) is 0 Å². The van der Waals surface area contributed by atoms with Gasteiger partial charge in [0.2, 0.25) is 0 Å². The smallest absolute Gasteiger partial charge is 0.410 e. The number of hydrogen-bond donors (Lipinski definition) is 2. The molecule has 3 aliphatic rings. The Morgan fingerprint density at radius 3 is 2.00 bits per heavy atom. The number of carbonyl (C=O) groups excluding carboxylic acids is 1. The molecule has 1 saturated heterocycles. The molecule has 2 aliphatic carbocycles. The molecule has 33 heavy (non-hydrogen) atoms. The van der Waals surface area contributed by atoms with Crippen LogP contribution in [0.4, 0.5) is 4.79 Å². The normalized spacial score (nSPS) is 24.1. The van der Waals surface area contributed by atoms with Crippen molar-refractivity contribution >= 4 is 12.1 Å². The molecule has 6 nitrogen and oxygen atoms in total. The van der Waals surface area contributed by atoms with E-state index in [1.54, 1.807) is 0 Å². The average molecular weight is 459 g/mol. The number of carboxylic acid groups (broad SMARTS) is 1. The number of aliphatic carboxylic acids is 1. The quantitative estimate of drug-likeness (QED) is 0.579. The molecule has 3 fully saturated rings. The number of carbonyl (C=O) groups is 2. The van der Waals surface area contributed by atoms with Crippen LogP contribution >= 0.6 is 0 Å². The van der Waals surface area contributed by atoms with E-state index in [4.69, 9.17) is 9.84 Å². The van der Waals surface area contributed by atoms with Gasteiger partial charge < -0.3 is 20.1 Å². The van der Waals surface area contributed by atoms with E-state index < -0.39 is 18.0 Å². The van der Waals surface area contributed by atoms with Crippen molar-refractivity contribution in [3.63, 3.8) is 0 Å². The summed E-state index contributed by atoms with van der Waals surface area (Å²) in [6.07, 6.45) is 14.9. The van der Waals surface area contributed by atoms with E-state index >= 15 is 0 Å². The third kappa shape index (κ3) is 8.33. The number of hydrogen-bond acceptors (Lipinski definition) is 4. The van der Waals surface area contributed by atoms with E-state index in [0.29, 0.717) is 6.54 Å². The first kappa shape index (κ1) is 25.5.